The van der Waals surface area contributed by atoms with E-state index in [4.69, 9.17) is 0 Å². The first kappa shape index (κ1) is 12.1. The predicted octanol–water partition coefficient (Wildman–Crippen LogP) is 2.41. The van der Waals surface area contributed by atoms with Gasteiger partial charge >= 0.3 is 0 Å². The topological polar surface area (TPSA) is 58.6 Å². The van der Waals surface area contributed by atoms with Gasteiger partial charge in [-0.2, -0.15) is 0 Å². The van der Waals surface area contributed by atoms with Crippen molar-refractivity contribution in [3.63, 3.8) is 0 Å². The minimum Gasteiger partial charge on any atom is -0.305 e. The van der Waals surface area contributed by atoms with Crippen molar-refractivity contribution in [2.75, 3.05) is 0 Å². The van der Waals surface area contributed by atoms with Gasteiger partial charge in [0.2, 0.25) is 0 Å². The maximum atomic E-state index is 12.2. The predicted molar refractivity (Wildman–Crippen MR) is 74.1 cm³/mol. The summed E-state index contributed by atoms with van der Waals surface area (Å²) in [5.41, 5.74) is 3.63. The fraction of sp³-hybridized carbons (Fsp3) is 0.400. The highest BCUT2D eigenvalue weighted by Crippen LogP contribution is 2.20. The first-order valence-electron chi connectivity index (χ1n) is 6.80. The Labute approximate surface area is 111 Å². The van der Waals surface area contributed by atoms with Gasteiger partial charge in [-0.1, -0.05) is 12.5 Å². The fourth-order valence-electron chi connectivity index (χ4n) is 2.63. The van der Waals surface area contributed by atoms with Crippen molar-refractivity contribution < 1.29 is 0 Å². The quantitative estimate of drug-likeness (QED) is 0.796. The van der Waals surface area contributed by atoms with E-state index in [-0.39, 0.29) is 5.56 Å². The smallest absolute Gasteiger partial charge is 0.254 e. The van der Waals surface area contributed by atoms with Crippen molar-refractivity contribution in [2.24, 2.45) is 0 Å². The van der Waals surface area contributed by atoms with Crippen molar-refractivity contribution >= 4 is 0 Å². The lowest BCUT2D eigenvalue weighted by molar-refractivity contribution is 0.708. The normalized spacial score (nSPS) is 14.8. The van der Waals surface area contributed by atoms with Crippen LogP contribution in [-0.2, 0) is 12.8 Å². The number of nitrogens with one attached hydrogen (secondary N) is 1. The molecule has 4 heteroatoms. The van der Waals surface area contributed by atoms with Crippen molar-refractivity contribution in [2.45, 2.75) is 39.0 Å². The highest BCUT2D eigenvalue weighted by atomic mass is 16.1. The molecular formula is C15H17N3O. The summed E-state index contributed by atoms with van der Waals surface area (Å²) in [5, 5.41) is 0. The molecule has 2 heterocycles. The van der Waals surface area contributed by atoms with E-state index in [0.717, 1.165) is 48.2 Å². The van der Waals surface area contributed by atoms with Gasteiger partial charge in [-0.3, -0.25) is 9.78 Å². The molecule has 1 aliphatic rings. The number of hydrogen-bond donors (Lipinski definition) is 1. The Bertz CT molecular complexity index is 661. The van der Waals surface area contributed by atoms with Crippen molar-refractivity contribution in [1.29, 1.82) is 0 Å². The second kappa shape index (κ2) is 4.96. The molecule has 0 atom stereocenters. The largest absolute Gasteiger partial charge is 0.305 e. The van der Waals surface area contributed by atoms with E-state index < -0.39 is 0 Å². The monoisotopic (exact) mass is 255 g/mol. The summed E-state index contributed by atoms with van der Waals surface area (Å²) in [6.07, 6.45) is 6.85. The Balaban J connectivity index is 2.15. The number of aromatic amines is 1. The van der Waals surface area contributed by atoms with E-state index in [0.29, 0.717) is 5.82 Å². The summed E-state index contributed by atoms with van der Waals surface area (Å²) in [6.45, 7) is 1.98. The number of nitrogens with zero attached hydrogens (tertiary/aromatic N) is 2. The van der Waals surface area contributed by atoms with Gasteiger partial charge in [0.15, 0.2) is 5.82 Å². The summed E-state index contributed by atoms with van der Waals surface area (Å²) in [4.78, 5) is 24.1. The number of aryl methyl sites for hydroxylation is 2. The first-order valence-corrected chi connectivity index (χ1v) is 6.80. The number of fused-ring (bicyclic) bond motifs is 1. The summed E-state index contributed by atoms with van der Waals surface area (Å²) < 4.78 is 0. The summed E-state index contributed by atoms with van der Waals surface area (Å²) >= 11 is 0. The lowest BCUT2D eigenvalue weighted by Gasteiger charge is -2.08. The summed E-state index contributed by atoms with van der Waals surface area (Å²) in [7, 11) is 0. The number of H-pyrrole nitrogens is 1. The van der Waals surface area contributed by atoms with Gasteiger partial charge in [-0.15, -0.1) is 0 Å². The molecular weight excluding hydrogens is 238 g/mol. The third-order valence-electron chi connectivity index (χ3n) is 3.68. The van der Waals surface area contributed by atoms with Gasteiger partial charge in [-0.25, -0.2) is 4.98 Å². The van der Waals surface area contributed by atoms with Gasteiger partial charge in [-0.05, 0) is 44.2 Å². The average molecular weight is 255 g/mol. The molecule has 0 aromatic carbocycles. The molecule has 19 heavy (non-hydrogen) atoms. The standard InChI is InChI=1S/C15H17N3O/c1-10-6-5-9-16-13(10)14-17-12-8-4-2-3-7-11(12)15(19)18-14/h5-6,9H,2-4,7-8H2,1H3,(H,17,18,19). The Morgan fingerprint density at radius 2 is 2.05 bits per heavy atom. The van der Waals surface area contributed by atoms with E-state index in [1.165, 1.54) is 6.42 Å². The van der Waals surface area contributed by atoms with Crippen LogP contribution in [0.5, 0.6) is 0 Å². The van der Waals surface area contributed by atoms with Gasteiger partial charge in [0.1, 0.15) is 5.69 Å². The Kier molecular flexibility index (Phi) is 3.15. The maximum Gasteiger partial charge on any atom is 0.254 e. The summed E-state index contributed by atoms with van der Waals surface area (Å²) in [6, 6.07) is 3.87. The molecule has 0 radical (unpaired) electrons. The average Bonchev–Trinajstić information content (AvgIpc) is 2.65. The number of hydrogen-bond acceptors (Lipinski definition) is 3. The molecule has 0 aliphatic heterocycles. The Morgan fingerprint density at radius 1 is 1.21 bits per heavy atom. The minimum atomic E-state index is 0.00644. The highest BCUT2D eigenvalue weighted by molar-refractivity contribution is 5.54. The second-order valence-corrected chi connectivity index (χ2v) is 5.07. The van der Waals surface area contributed by atoms with Crippen LogP contribution in [0.3, 0.4) is 0 Å². The molecule has 98 valence electrons. The SMILES string of the molecule is Cc1cccnc1-c1nc2c(c(=O)[nH]1)CCCCC2. The molecule has 3 rings (SSSR count). The van der Waals surface area contributed by atoms with Crippen molar-refractivity contribution in [1.82, 2.24) is 15.0 Å². The van der Waals surface area contributed by atoms with Crippen LogP contribution in [-0.4, -0.2) is 15.0 Å². The molecule has 0 unspecified atom stereocenters. The van der Waals surface area contributed by atoms with Crippen LogP contribution in [0.4, 0.5) is 0 Å². The highest BCUT2D eigenvalue weighted by Gasteiger charge is 2.16. The third kappa shape index (κ3) is 2.30. The molecule has 0 amide bonds. The molecule has 1 N–H and O–H groups in total. The van der Waals surface area contributed by atoms with Gasteiger partial charge in [0, 0.05) is 11.8 Å². The fourth-order valence-corrected chi connectivity index (χ4v) is 2.63. The molecule has 0 bridgehead atoms. The zero-order valence-corrected chi connectivity index (χ0v) is 11.1. The molecule has 4 nitrogen and oxygen atoms in total. The molecule has 2 aromatic heterocycles. The van der Waals surface area contributed by atoms with Crippen LogP contribution in [0.2, 0.25) is 0 Å². The van der Waals surface area contributed by atoms with Gasteiger partial charge < -0.3 is 4.98 Å². The number of pyridine rings is 1. The van der Waals surface area contributed by atoms with Crippen LogP contribution >= 0.6 is 0 Å². The van der Waals surface area contributed by atoms with Crippen molar-refractivity contribution in [3.05, 3.63) is 45.5 Å². The van der Waals surface area contributed by atoms with E-state index in [1.54, 1.807) is 6.20 Å². The van der Waals surface area contributed by atoms with Gasteiger partial charge in [0.05, 0.1) is 5.69 Å². The van der Waals surface area contributed by atoms with Crippen LogP contribution < -0.4 is 5.56 Å². The van der Waals surface area contributed by atoms with Crippen molar-refractivity contribution in [3.8, 4) is 11.5 Å². The zero-order valence-electron chi connectivity index (χ0n) is 11.1. The van der Waals surface area contributed by atoms with E-state index in [9.17, 15) is 4.79 Å². The maximum absolute atomic E-state index is 12.2. The lowest BCUT2D eigenvalue weighted by Crippen LogP contribution is -2.18. The van der Waals surface area contributed by atoms with Gasteiger partial charge in [0.25, 0.3) is 5.56 Å². The molecule has 0 fully saturated rings. The van der Waals surface area contributed by atoms with Crippen LogP contribution in [0.1, 0.15) is 36.1 Å². The second-order valence-electron chi connectivity index (χ2n) is 5.07. The van der Waals surface area contributed by atoms with Crippen LogP contribution in [0.15, 0.2) is 23.1 Å². The molecule has 0 saturated carbocycles. The third-order valence-corrected chi connectivity index (χ3v) is 3.68. The number of aromatic nitrogens is 3. The molecule has 0 saturated heterocycles. The molecule has 0 spiro atoms. The Morgan fingerprint density at radius 3 is 2.89 bits per heavy atom. The van der Waals surface area contributed by atoms with Crippen LogP contribution in [0.25, 0.3) is 11.5 Å². The Hall–Kier alpha value is -1.97. The zero-order chi connectivity index (χ0) is 13.2. The van der Waals surface area contributed by atoms with E-state index in [1.807, 2.05) is 19.1 Å². The molecule has 2 aromatic rings. The van der Waals surface area contributed by atoms with E-state index in [2.05, 4.69) is 15.0 Å². The van der Waals surface area contributed by atoms with E-state index >= 15 is 0 Å². The first-order chi connectivity index (χ1) is 9.25. The molecule has 1 aliphatic carbocycles. The minimum absolute atomic E-state index is 0.00644. The lowest BCUT2D eigenvalue weighted by atomic mass is 10.1. The summed E-state index contributed by atoms with van der Waals surface area (Å²) in [5.74, 6) is 0.601. The van der Waals surface area contributed by atoms with Crippen LogP contribution in [0, 0.1) is 6.92 Å². The number of rotatable bonds is 1.